The van der Waals surface area contributed by atoms with E-state index in [0.717, 1.165) is 92.9 Å². The molecule has 0 amide bonds. The van der Waals surface area contributed by atoms with E-state index in [1.807, 2.05) is 55.0 Å². The molecule has 0 saturated heterocycles. The zero-order valence-electron chi connectivity index (χ0n) is 29.5. The lowest BCUT2D eigenvalue weighted by atomic mass is 9.67. The Bertz CT molecular complexity index is 3410. The first-order chi connectivity index (χ1) is 27.7. The fourth-order valence-corrected chi connectivity index (χ4v) is 10.7. The third kappa shape index (κ3) is 3.88. The molecule has 0 unspecified atom stereocenters. The molecule has 7 nitrogen and oxygen atoms in total. The van der Waals surface area contributed by atoms with Crippen molar-refractivity contribution >= 4 is 55.4 Å². The summed E-state index contributed by atoms with van der Waals surface area (Å²) in [6.45, 7) is 0. The highest BCUT2D eigenvalue weighted by Gasteiger charge is 2.53. The molecule has 5 aromatic carbocycles. The van der Waals surface area contributed by atoms with Crippen LogP contribution in [0.15, 0.2) is 162 Å². The Morgan fingerprint density at radius 3 is 1.95 bits per heavy atom. The van der Waals surface area contributed by atoms with E-state index < -0.39 is 5.41 Å². The van der Waals surface area contributed by atoms with Gasteiger partial charge < -0.3 is 9.13 Å². The van der Waals surface area contributed by atoms with Gasteiger partial charge in [0.15, 0.2) is 0 Å². The molecule has 5 aromatic heterocycles. The van der Waals surface area contributed by atoms with E-state index in [4.69, 9.17) is 9.97 Å². The summed E-state index contributed by atoms with van der Waals surface area (Å²) in [4.78, 5) is 16.8. The van der Waals surface area contributed by atoms with Gasteiger partial charge in [-0.25, -0.2) is 4.98 Å². The van der Waals surface area contributed by atoms with Crippen molar-refractivity contribution in [2.24, 2.45) is 0 Å². The second-order valence-electron chi connectivity index (χ2n) is 14.2. The Kier molecular flexibility index (Phi) is 6.21. The van der Waals surface area contributed by atoms with Crippen LogP contribution in [0.2, 0.25) is 0 Å². The van der Waals surface area contributed by atoms with Gasteiger partial charge in [-0.15, -0.1) is 0 Å². The van der Waals surface area contributed by atoms with E-state index in [0.29, 0.717) is 11.3 Å². The largest absolute Gasteiger partial charge is 0.309 e. The molecule has 0 radical (unpaired) electrons. The fraction of sp³-hybridized carbons (Fsp3) is 0.0208. The first-order valence-corrected chi connectivity index (χ1v) is 19.1. The molecule has 1 spiro atoms. The van der Waals surface area contributed by atoms with Crippen molar-refractivity contribution in [2.75, 3.05) is 0 Å². The van der Waals surface area contributed by atoms with Crippen LogP contribution in [-0.2, 0) is 5.41 Å². The smallest absolute Gasteiger partial charge is 0.141 e. The van der Waals surface area contributed by atoms with E-state index in [1.165, 1.54) is 5.56 Å². The summed E-state index contributed by atoms with van der Waals surface area (Å²) in [6.07, 6.45) is 5.53. The van der Waals surface area contributed by atoms with Gasteiger partial charge in [-0.2, -0.15) is 10.5 Å². The molecule has 2 aliphatic rings. The third-order valence-electron chi connectivity index (χ3n) is 11.6. The number of para-hydroxylation sites is 2. The van der Waals surface area contributed by atoms with E-state index in [-0.39, 0.29) is 0 Å². The van der Waals surface area contributed by atoms with Crippen molar-refractivity contribution in [3.63, 3.8) is 0 Å². The Morgan fingerprint density at radius 1 is 0.518 bits per heavy atom. The zero-order valence-corrected chi connectivity index (χ0v) is 30.3. The predicted octanol–water partition coefficient (Wildman–Crippen LogP) is 10.6. The summed E-state index contributed by atoms with van der Waals surface area (Å²) >= 11 is 1.78. The van der Waals surface area contributed by atoms with Crippen LogP contribution in [0.4, 0.5) is 0 Å². The van der Waals surface area contributed by atoms with Crippen molar-refractivity contribution in [3.05, 3.63) is 186 Å². The zero-order chi connectivity index (χ0) is 37.1. The van der Waals surface area contributed by atoms with E-state index in [2.05, 4.69) is 123 Å². The average molecular weight is 732 g/mol. The second kappa shape index (κ2) is 11.3. The van der Waals surface area contributed by atoms with Crippen LogP contribution in [0.25, 0.3) is 66.4 Å². The van der Waals surface area contributed by atoms with Gasteiger partial charge in [-0.05, 0) is 89.5 Å². The van der Waals surface area contributed by atoms with Gasteiger partial charge in [0.1, 0.15) is 11.8 Å². The van der Waals surface area contributed by atoms with Gasteiger partial charge >= 0.3 is 0 Å². The average Bonchev–Trinajstić information content (AvgIpc) is 3.87. The minimum absolute atomic E-state index is 0.394. The maximum absolute atomic E-state index is 9.89. The summed E-state index contributed by atoms with van der Waals surface area (Å²) in [5.41, 5.74) is 12.7. The number of nitrogens with zero attached hydrogens (tertiary/aromatic N) is 7. The molecule has 0 saturated carbocycles. The molecule has 10 aromatic rings. The molecule has 0 fully saturated rings. The normalized spacial score (nSPS) is 13.4. The van der Waals surface area contributed by atoms with Gasteiger partial charge in [-0.1, -0.05) is 72.4 Å². The van der Waals surface area contributed by atoms with Crippen LogP contribution >= 0.6 is 11.8 Å². The number of nitriles is 2. The van der Waals surface area contributed by atoms with E-state index in [9.17, 15) is 10.5 Å². The highest BCUT2D eigenvalue weighted by Crippen LogP contribution is 2.63. The Labute approximate surface area is 324 Å². The van der Waals surface area contributed by atoms with E-state index >= 15 is 0 Å². The maximum Gasteiger partial charge on any atom is 0.141 e. The van der Waals surface area contributed by atoms with Crippen molar-refractivity contribution in [2.45, 2.75) is 15.2 Å². The summed E-state index contributed by atoms with van der Waals surface area (Å²) in [5.74, 6) is 0. The minimum Gasteiger partial charge on any atom is -0.309 e. The van der Waals surface area contributed by atoms with Gasteiger partial charge in [0.25, 0.3) is 0 Å². The quantitative estimate of drug-likeness (QED) is 0.176. The highest BCUT2D eigenvalue weighted by atomic mass is 32.2. The molecule has 0 bridgehead atoms. The summed E-state index contributed by atoms with van der Waals surface area (Å²) in [5, 5.41) is 23.8. The Balaban J connectivity index is 1.19. The fourth-order valence-electron chi connectivity index (χ4n) is 9.47. The lowest BCUT2D eigenvalue weighted by molar-refractivity contribution is 0.712. The summed E-state index contributed by atoms with van der Waals surface area (Å²) < 4.78 is 4.63. The van der Waals surface area contributed by atoms with Crippen LogP contribution in [0, 0.1) is 22.7 Å². The third-order valence-corrected chi connectivity index (χ3v) is 12.7. The Morgan fingerprint density at radius 2 is 1.21 bits per heavy atom. The van der Waals surface area contributed by atoms with Crippen LogP contribution in [0.1, 0.15) is 33.5 Å². The van der Waals surface area contributed by atoms with E-state index in [1.54, 1.807) is 11.8 Å². The van der Waals surface area contributed by atoms with Crippen molar-refractivity contribution in [1.82, 2.24) is 24.1 Å². The molecule has 1 aliphatic heterocycles. The molecule has 6 heterocycles. The number of hydrogen-bond acceptors (Lipinski definition) is 6. The van der Waals surface area contributed by atoms with Crippen LogP contribution in [0.3, 0.4) is 0 Å². The minimum atomic E-state index is -0.757. The topological polar surface area (TPSA) is 96.1 Å². The molecule has 0 N–H and O–H groups in total. The Hall–Kier alpha value is -7.52. The van der Waals surface area contributed by atoms with Crippen molar-refractivity contribution in [3.8, 4) is 34.9 Å². The predicted molar refractivity (Wildman–Crippen MR) is 219 cm³/mol. The van der Waals surface area contributed by atoms with Crippen LogP contribution in [-0.4, -0.2) is 24.1 Å². The van der Waals surface area contributed by atoms with Crippen LogP contribution in [0.5, 0.6) is 0 Å². The molecule has 12 rings (SSSR count). The first kappa shape index (κ1) is 30.9. The number of fused-ring (bicyclic) bond motifs is 15. The van der Waals surface area contributed by atoms with Gasteiger partial charge in [0.05, 0.1) is 62.4 Å². The molecule has 56 heavy (non-hydrogen) atoms. The summed E-state index contributed by atoms with van der Waals surface area (Å²) in [6, 6.07) is 51.2. The lowest BCUT2D eigenvalue weighted by Gasteiger charge is -2.41. The number of benzene rings is 5. The molecule has 8 heteroatoms. The van der Waals surface area contributed by atoms with Crippen molar-refractivity contribution < 1.29 is 0 Å². The molecular weight excluding hydrogens is 707 g/mol. The second-order valence-corrected chi connectivity index (χ2v) is 15.3. The van der Waals surface area contributed by atoms with Crippen LogP contribution < -0.4 is 0 Å². The highest BCUT2D eigenvalue weighted by molar-refractivity contribution is 7.99. The first-order valence-electron chi connectivity index (χ1n) is 18.3. The lowest BCUT2D eigenvalue weighted by Crippen LogP contribution is -2.33. The maximum atomic E-state index is 9.89. The van der Waals surface area contributed by atoms with Gasteiger partial charge in [-0.3, -0.25) is 9.97 Å². The SMILES string of the molecule is N#Cc1ccc2c(c1)c1ccccc1n2-c1cccc2c1C1(c3ccc(-n4c5ccccc5c5cc(C#N)ncc54)cc3S2)c2cccnc2-c2ncccc21. The number of rotatable bonds is 2. The number of hydrogen-bond donors (Lipinski definition) is 0. The number of aromatic nitrogens is 5. The standard InChI is InChI=1S/C48H25N7S/c49-25-28-16-19-40-33(22-28)31-8-2-4-13-39(31)55(40)41-14-5-15-43-45(41)48(36-10-6-20-51-46(36)47-37(48)11-7-21-52-47)35-18-17-30(24-44(35)56-43)54-38-12-3-1-9-32(38)34-23-29(26-50)53-27-42(34)54/h1-24,27H. The summed E-state index contributed by atoms with van der Waals surface area (Å²) in [7, 11) is 0. The monoisotopic (exact) mass is 731 g/mol. The molecular formula is C48H25N7S. The number of pyridine rings is 3. The molecule has 258 valence electrons. The molecule has 0 atom stereocenters. The molecule has 1 aliphatic carbocycles. The van der Waals surface area contributed by atoms with Gasteiger partial charge in [0.2, 0.25) is 0 Å². The van der Waals surface area contributed by atoms with Gasteiger partial charge in [0, 0.05) is 55.0 Å². The van der Waals surface area contributed by atoms with Crippen molar-refractivity contribution in [1.29, 1.82) is 10.5 Å².